The number of aryl methyl sites for hydroxylation is 1. The Kier molecular flexibility index (Phi) is 10.3. The molecule has 3 heterocycles. The minimum Gasteiger partial charge on any atom is -0.475 e. The summed E-state index contributed by atoms with van der Waals surface area (Å²) in [5.74, 6) is -5.10. The van der Waals surface area contributed by atoms with Crippen molar-refractivity contribution in [2.75, 3.05) is 20.3 Å². The van der Waals surface area contributed by atoms with Gasteiger partial charge >= 0.3 is 24.3 Å². The summed E-state index contributed by atoms with van der Waals surface area (Å²) in [6.45, 7) is 3.80. The smallest absolute Gasteiger partial charge is 0.475 e. The number of nitrogens with zero attached hydrogens (tertiary/aromatic N) is 3. The molecule has 1 atom stereocenters. The summed E-state index contributed by atoms with van der Waals surface area (Å²) < 4.78 is 70.9. The number of hydrogen-bond acceptors (Lipinski definition) is 6. The van der Waals surface area contributed by atoms with E-state index < -0.39 is 24.3 Å². The van der Waals surface area contributed by atoms with Gasteiger partial charge in [0.15, 0.2) is 0 Å². The normalized spacial score (nSPS) is 16.1. The molecular weight excluding hydrogens is 484 g/mol. The number of hydrogen-bond donors (Lipinski definition) is 2. The average molecular weight is 505 g/mol. The van der Waals surface area contributed by atoms with Gasteiger partial charge in [-0.3, -0.25) is 9.58 Å². The van der Waals surface area contributed by atoms with Gasteiger partial charge in [0.05, 0.1) is 12.8 Å². The van der Waals surface area contributed by atoms with Gasteiger partial charge in [0.1, 0.15) is 0 Å². The first kappa shape index (κ1) is 28.4. The molecule has 186 valence electrons. The maximum absolute atomic E-state index is 10.6. The van der Waals surface area contributed by atoms with Crippen molar-refractivity contribution in [2.45, 2.75) is 31.4 Å². The second-order valence-electron chi connectivity index (χ2n) is 6.69. The SMILES string of the molecule is COCC1CN(Cc2cccs2)Cc2cnn(C)c21.O=C(O)C(F)(F)F.O=C(O)C(F)(F)F. The van der Waals surface area contributed by atoms with Crippen LogP contribution < -0.4 is 0 Å². The molecule has 0 spiro atoms. The maximum atomic E-state index is 10.6. The molecule has 0 aromatic carbocycles. The molecule has 3 rings (SSSR count). The molecule has 0 saturated carbocycles. The topological polar surface area (TPSA) is 105 Å². The maximum Gasteiger partial charge on any atom is 0.490 e. The summed E-state index contributed by atoms with van der Waals surface area (Å²) in [7, 11) is 3.80. The molecule has 1 aliphatic rings. The molecule has 0 saturated heterocycles. The van der Waals surface area contributed by atoms with Gasteiger partial charge in [-0.25, -0.2) is 9.59 Å². The van der Waals surface area contributed by atoms with Crippen LogP contribution in [0.5, 0.6) is 0 Å². The number of rotatable bonds is 4. The summed E-state index contributed by atoms with van der Waals surface area (Å²) >= 11 is 1.82. The molecule has 1 unspecified atom stereocenters. The molecule has 0 bridgehead atoms. The van der Waals surface area contributed by atoms with Crippen molar-refractivity contribution in [2.24, 2.45) is 7.05 Å². The average Bonchev–Trinajstić information content (AvgIpc) is 3.31. The van der Waals surface area contributed by atoms with Crippen LogP contribution in [-0.2, 0) is 34.5 Å². The number of thiophene rings is 1. The molecule has 2 aromatic rings. The third-order valence-electron chi connectivity index (χ3n) is 4.14. The Morgan fingerprint density at radius 1 is 1.18 bits per heavy atom. The number of carbonyl (C=O) groups is 2. The second kappa shape index (κ2) is 12.0. The molecule has 0 fully saturated rings. The van der Waals surface area contributed by atoms with Gasteiger partial charge in [-0.1, -0.05) is 6.07 Å². The molecule has 2 aromatic heterocycles. The minimum atomic E-state index is -5.08. The zero-order valence-electron chi connectivity index (χ0n) is 17.4. The van der Waals surface area contributed by atoms with Crippen LogP contribution in [0.1, 0.15) is 22.1 Å². The van der Waals surface area contributed by atoms with Gasteiger partial charge in [-0.15, -0.1) is 11.3 Å². The summed E-state index contributed by atoms with van der Waals surface area (Å²) in [5, 5.41) is 20.8. The van der Waals surface area contributed by atoms with E-state index in [9.17, 15) is 26.3 Å². The van der Waals surface area contributed by atoms with Gasteiger partial charge < -0.3 is 14.9 Å². The van der Waals surface area contributed by atoms with Crippen molar-refractivity contribution in [3.05, 3.63) is 39.8 Å². The van der Waals surface area contributed by atoms with E-state index in [0.29, 0.717) is 5.92 Å². The number of ether oxygens (including phenoxy) is 1. The highest BCUT2D eigenvalue weighted by Gasteiger charge is 2.38. The van der Waals surface area contributed by atoms with E-state index in [1.54, 1.807) is 7.11 Å². The number of carboxylic acids is 2. The van der Waals surface area contributed by atoms with Crippen molar-refractivity contribution >= 4 is 23.3 Å². The fourth-order valence-corrected chi connectivity index (χ4v) is 3.67. The monoisotopic (exact) mass is 505 g/mol. The molecule has 8 nitrogen and oxygen atoms in total. The van der Waals surface area contributed by atoms with E-state index in [-0.39, 0.29) is 0 Å². The molecule has 33 heavy (non-hydrogen) atoms. The quantitative estimate of drug-likeness (QED) is 0.613. The highest BCUT2D eigenvalue weighted by atomic mass is 32.1. The summed E-state index contributed by atoms with van der Waals surface area (Å²) in [4.78, 5) is 21.7. The van der Waals surface area contributed by atoms with Crippen LogP contribution in [0.25, 0.3) is 0 Å². The van der Waals surface area contributed by atoms with Gasteiger partial charge in [0.25, 0.3) is 0 Å². The molecule has 0 radical (unpaired) electrons. The Hall–Kier alpha value is -2.65. The molecule has 1 aliphatic heterocycles. The third kappa shape index (κ3) is 9.39. The number of methoxy groups -OCH3 is 1. The summed E-state index contributed by atoms with van der Waals surface area (Å²) in [5.41, 5.74) is 2.68. The van der Waals surface area contributed by atoms with Crippen molar-refractivity contribution in [1.82, 2.24) is 14.7 Å². The first-order valence-corrected chi connectivity index (χ1v) is 9.89. The first-order valence-electron chi connectivity index (χ1n) is 9.01. The van der Waals surface area contributed by atoms with E-state index in [0.717, 1.165) is 26.2 Å². The lowest BCUT2D eigenvalue weighted by Gasteiger charge is -2.32. The van der Waals surface area contributed by atoms with Crippen LogP contribution in [0, 0.1) is 0 Å². The predicted molar refractivity (Wildman–Crippen MR) is 104 cm³/mol. The molecule has 0 amide bonds. The second-order valence-corrected chi connectivity index (χ2v) is 7.72. The van der Waals surface area contributed by atoms with Crippen LogP contribution in [0.15, 0.2) is 23.7 Å². The fourth-order valence-electron chi connectivity index (χ4n) is 2.92. The first-order chi connectivity index (χ1) is 15.2. The van der Waals surface area contributed by atoms with Crippen LogP contribution >= 0.6 is 11.3 Å². The molecule has 2 N–H and O–H groups in total. The number of aromatic nitrogens is 2. The van der Waals surface area contributed by atoms with Crippen molar-refractivity contribution in [1.29, 1.82) is 0 Å². The lowest BCUT2D eigenvalue weighted by molar-refractivity contribution is -0.193. The van der Waals surface area contributed by atoms with Crippen LogP contribution in [-0.4, -0.2) is 69.4 Å². The Morgan fingerprint density at radius 2 is 1.73 bits per heavy atom. The van der Waals surface area contributed by atoms with E-state index in [1.165, 1.54) is 16.1 Å². The largest absolute Gasteiger partial charge is 0.490 e. The van der Waals surface area contributed by atoms with Crippen LogP contribution in [0.2, 0.25) is 0 Å². The summed E-state index contributed by atoms with van der Waals surface area (Å²) in [6.07, 6.45) is -8.17. The number of halogens is 6. The zero-order chi connectivity index (χ0) is 25.4. The Labute approximate surface area is 188 Å². The Bertz CT molecular complexity index is 875. The lowest BCUT2D eigenvalue weighted by Crippen LogP contribution is -2.35. The molecule has 15 heteroatoms. The van der Waals surface area contributed by atoms with Crippen molar-refractivity contribution in [3.63, 3.8) is 0 Å². The minimum absolute atomic E-state index is 0.418. The highest BCUT2D eigenvalue weighted by molar-refractivity contribution is 7.09. The van der Waals surface area contributed by atoms with E-state index in [4.69, 9.17) is 24.5 Å². The third-order valence-corrected chi connectivity index (χ3v) is 5.00. The van der Waals surface area contributed by atoms with Gasteiger partial charge in [0.2, 0.25) is 0 Å². The standard InChI is InChI=1S/C14H19N3OS.2C2HF3O2/c1-16-14-11(6-15-16)7-17(8-12(14)10-18-2)9-13-4-3-5-19-13;2*3-2(4,5)1(6)7/h3-6,12H,7-10H2,1-2H3;2*(H,6,7). The van der Waals surface area contributed by atoms with Crippen molar-refractivity contribution < 1.29 is 50.9 Å². The van der Waals surface area contributed by atoms with E-state index >= 15 is 0 Å². The highest BCUT2D eigenvalue weighted by Crippen LogP contribution is 2.29. The van der Waals surface area contributed by atoms with E-state index in [1.807, 2.05) is 29.3 Å². The number of fused-ring (bicyclic) bond motifs is 1. The predicted octanol–water partition coefficient (Wildman–Crippen LogP) is 3.49. The lowest BCUT2D eigenvalue weighted by atomic mass is 9.97. The van der Waals surface area contributed by atoms with Gasteiger partial charge in [-0.05, 0) is 11.4 Å². The Balaban J connectivity index is 0.000000324. The van der Waals surface area contributed by atoms with E-state index in [2.05, 4.69) is 27.5 Å². The number of alkyl halides is 6. The van der Waals surface area contributed by atoms with Crippen LogP contribution in [0.4, 0.5) is 26.3 Å². The Morgan fingerprint density at radius 3 is 2.15 bits per heavy atom. The summed E-state index contributed by atoms with van der Waals surface area (Å²) in [6, 6.07) is 4.32. The zero-order valence-corrected chi connectivity index (χ0v) is 18.2. The number of carboxylic acid groups (broad SMARTS) is 2. The fraction of sp³-hybridized carbons (Fsp3) is 0.500. The van der Waals surface area contributed by atoms with Crippen molar-refractivity contribution in [3.8, 4) is 0 Å². The van der Waals surface area contributed by atoms with Crippen LogP contribution in [0.3, 0.4) is 0 Å². The van der Waals surface area contributed by atoms with Gasteiger partial charge in [0, 0.05) is 55.8 Å². The molecular formula is C18H21F6N3O5S. The molecule has 0 aliphatic carbocycles. The number of aliphatic carboxylic acids is 2. The van der Waals surface area contributed by atoms with Gasteiger partial charge in [-0.2, -0.15) is 31.4 Å².